The molecule has 0 aromatic heterocycles. The molecule has 2 amide bonds. The highest BCUT2D eigenvalue weighted by molar-refractivity contribution is 5.95. The topological polar surface area (TPSA) is 67.4 Å². The van der Waals surface area contributed by atoms with Crippen LogP contribution in [-0.2, 0) is 9.53 Å². The first-order chi connectivity index (χ1) is 9.54. The minimum atomic E-state index is -0.482. The summed E-state index contributed by atoms with van der Waals surface area (Å²) in [6.07, 6.45) is 0. The van der Waals surface area contributed by atoms with E-state index in [1.807, 2.05) is 31.2 Å². The molecule has 1 atom stereocenters. The second kappa shape index (κ2) is 5.77. The molecular formula is C15H18N2O3. The van der Waals surface area contributed by atoms with Crippen LogP contribution in [0.1, 0.15) is 31.0 Å². The van der Waals surface area contributed by atoms with E-state index in [0.717, 1.165) is 11.1 Å². The van der Waals surface area contributed by atoms with E-state index >= 15 is 0 Å². The fourth-order valence-corrected chi connectivity index (χ4v) is 2.32. The van der Waals surface area contributed by atoms with E-state index in [2.05, 4.69) is 10.6 Å². The molecule has 0 radical (unpaired) electrons. The van der Waals surface area contributed by atoms with Gasteiger partial charge in [0.25, 0.3) is 0 Å². The van der Waals surface area contributed by atoms with E-state index in [1.165, 1.54) is 0 Å². The van der Waals surface area contributed by atoms with E-state index < -0.39 is 12.0 Å². The van der Waals surface area contributed by atoms with Gasteiger partial charge in [0.1, 0.15) is 0 Å². The van der Waals surface area contributed by atoms with Gasteiger partial charge >= 0.3 is 12.0 Å². The van der Waals surface area contributed by atoms with Crippen LogP contribution in [0.4, 0.5) is 4.79 Å². The van der Waals surface area contributed by atoms with Crippen molar-refractivity contribution < 1.29 is 14.3 Å². The number of carbonyl (C=O) groups excluding carboxylic acids is 2. The van der Waals surface area contributed by atoms with Gasteiger partial charge in [0.05, 0.1) is 18.2 Å². The molecule has 5 heteroatoms. The molecule has 1 aromatic carbocycles. The minimum absolute atomic E-state index is 0.296. The third-order valence-electron chi connectivity index (χ3n) is 3.26. The molecule has 1 aliphatic rings. The van der Waals surface area contributed by atoms with Crippen molar-refractivity contribution in [2.45, 2.75) is 26.8 Å². The van der Waals surface area contributed by atoms with Gasteiger partial charge < -0.3 is 15.4 Å². The van der Waals surface area contributed by atoms with Gasteiger partial charge in [-0.05, 0) is 31.9 Å². The molecule has 2 rings (SSSR count). The van der Waals surface area contributed by atoms with Crippen LogP contribution in [0.2, 0.25) is 0 Å². The average Bonchev–Trinajstić information content (AvgIpc) is 2.38. The maximum atomic E-state index is 12.1. The highest BCUT2D eigenvalue weighted by atomic mass is 16.5. The van der Waals surface area contributed by atoms with E-state index in [-0.39, 0.29) is 6.03 Å². The Kier molecular flexibility index (Phi) is 4.08. The number of esters is 1. The summed E-state index contributed by atoms with van der Waals surface area (Å²) in [5, 5.41) is 5.40. The summed E-state index contributed by atoms with van der Waals surface area (Å²) >= 11 is 0. The van der Waals surface area contributed by atoms with Crippen LogP contribution < -0.4 is 10.6 Å². The molecule has 0 fully saturated rings. The third kappa shape index (κ3) is 2.66. The fraction of sp³-hybridized carbons (Fsp3) is 0.333. The van der Waals surface area contributed by atoms with E-state index in [9.17, 15) is 9.59 Å². The van der Waals surface area contributed by atoms with Crippen molar-refractivity contribution in [1.29, 1.82) is 0 Å². The Morgan fingerprint density at radius 1 is 1.30 bits per heavy atom. The Balaban J connectivity index is 2.48. The molecule has 1 aromatic rings. The summed E-state index contributed by atoms with van der Waals surface area (Å²) in [7, 11) is 0. The van der Waals surface area contributed by atoms with Gasteiger partial charge in [-0.3, -0.25) is 0 Å². The number of ether oxygens (including phenoxy) is 1. The van der Waals surface area contributed by atoms with Crippen LogP contribution in [0.5, 0.6) is 0 Å². The molecule has 106 valence electrons. The lowest BCUT2D eigenvalue weighted by Gasteiger charge is -2.29. The average molecular weight is 274 g/mol. The first kappa shape index (κ1) is 14.1. The number of urea groups is 1. The SMILES string of the molecule is CCOC(=O)C1=C(C)NC(=O)N[C@H]1c1ccccc1C. The summed E-state index contributed by atoms with van der Waals surface area (Å²) in [5.41, 5.74) is 2.88. The first-order valence-electron chi connectivity index (χ1n) is 6.55. The number of allylic oxidation sites excluding steroid dienone is 1. The summed E-state index contributed by atoms with van der Waals surface area (Å²) in [5.74, 6) is -0.411. The molecular weight excluding hydrogens is 256 g/mol. The van der Waals surface area contributed by atoms with Crippen molar-refractivity contribution in [2.24, 2.45) is 0 Å². The van der Waals surface area contributed by atoms with Crippen molar-refractivity contribution in [2.75, 3.05) is 6.61 Å². The zero-order chi connectivity index (χ0) is 14.7. The molecule has 0 bridgehead atoms. The van der Waals surface area contributed by atoms with Crippen molar-refractivity contribution in [3.8, 4) is 0 Å². The molecule has 1 aliphatic heterocycles. The zero-order valence-electron chi connectivity index (χ0n) is 11.8. The predicted molar refractivity (Wildman–Crippen MR) is 74.9 cm³/mol. The van der Waals surface area contributed by atoms with Crippen LogP contribution in [0, 0.1) is 6.92 Å². The van der Waals surface area contributed by atoms with Crippen LogP contribution >= 0.6 is 0 Å². The van der Waals surface area contributed by atoms with Gasteiger partial charge in [0.15, 0.2) is 0 Å². The van der Waals surface area contributed by atoms with Crippen molar-refractivity contribution >= 4 is 12.0 Å². The number of hydrogen-bond acceptors (Lipinski definition) is 3. The number of nitrogens with one attached hydrogen (secondary N) is 2. The number of aryl methyl sites for hydroxylation is 1. The molecule has 5 nitrogen and oxygen atoms in total. The second-order valence-corrected chi connectivity index (χ2v) is 4.65. The Bertz CT molecular complexity index is 578. The fourth-order valence-electron chi connectivity index (χ4n) is 2.32. The van der Waals surface area contributed by atoms with Gasteiger partial charge in [-0.1, -0.05) is 24.3 Å². The van der Waals surface area contributed by atoms with Crippen molar-refractivity contribution in [3.63, 3.8) is 0 Å². The van der Waals surface area contributed by atoms with Crippen LogP contribution in [0.25, 0.3) is 0 Å². The van der Waals surface area contributed by atoms with Crippen LogP contribution in [0.15, 0.2) is 35.5 Å². The Hall–Kier alpha value is -2.30. The van der Waals surface area contributed by atoms with E-state index in [1.54, 1.807) is 13.8 Å². The minimum Gasteiger partial charge on any atom is -0.463 e. The largest absolute Gasteiger partial charge is 0.463 e. The van der Waals surface area contributed by atoms with Crippen molar-refractivity contribution in [3.05, 3.63) is 46.7 Å². The van der Waals surface area contributed by atoms with Gasteiger partial charge in [0, 0.05) is 5.70 Å². The molecule has 0 saturated heterocycles. The molecule has 0 saturated carbocycles. The lowest BCUT2D eigenvalue weighted by atomic mass is 9.92. The lowest BCUT2D eigenvalue weighted by molar-refractivity contribution is -0.139. The maximum absolute atomic E-state index is 12.1. The zero-order valence-corrected chi connectivity index (χ0v) is 11.8. The summed E-state index contributed by atoms with van der Waals surface area (Å²) < 4.78 is 5.09. The quantitative estimate of drug-likeness (QED) is 0.830. The van der Waals surface area contributed by atoms with Gasteiger partial charge in [-0.2, -0.15) is 0 Å². The molecule has 2 N–H and O–H groups in total. The Morgan fingerprint density at radius 3 is 2.65 bits per heavy atom. The summed E-state index contributed by atoms with van der Waals surface area (Å²) in [6.45, 7) is 5.70. The van der Waals surface area contributed by atoms with E-state index in [4.69, 9.17) is 4.74 Å². The number of rotatable bonds is 3. The first-order valence-corrected chi connectivity index (χ1v) is 6.55. The Morgan fingerprint density at radius 2 is 2.00 bits per heavy atom. The summed E-state index contributed by atoms with van der Waals surface area (Å²) in [6, 6.07) is 6.85. The van der Waals surface area contributed by atoms with Gasteiger partial charge in [-0.25, -0.2) is 9.59 Å². The standard InChI is InChI=1S/C15H18N2O3/c1-4-20-14(18)12-10(3)16-15(19)17-13(12)11-8-6-5-7-9(11)2/h5-8,13H,4H2,1-3H3,(H2,16,17,19)/t13-/m0/s1. The second-order valence-electron chi connectivity index (χ2n) is 4.65. The van der Waals surface area contributed by atoms with Crippen LogP contribution in [0.3, 0.4) is 0 Å². The molecule has 1 heterocycles. The van der Waals surface area contributed by atoms with Crippen molar-refractivity contribution in [1.82, 2.24) is 10.6 Å². The highest BCUT2D eigenvalue weighted by Crippen LogP contribution is 2.29. The molecule has 0 spiro atoms. The predicted octanol–water partition coefficient (Wildman–Crippen LogP) is 2.19. The summed E-state index contributed by atoms with van der Waals surface area (Å²) in [4.78, 5) is 23.8. The number of amides is 2. The highest BCUT2D eigenvalue weighted by Gasteiger charge is 2.32. The van der Waals surface area contributed by atoms with Gasteiger partial charge in [0.2, 0.25) is 0 Å². The smallest absolute Gasteiger partial charge is 0.338 e. The number of hydrogen-bond donors (Lipinski definition) is 2. The maximum Gasteiger partial charge on any atom is 0.338 e. The number of benzene rings is 1. The lowest BCUT2D eigenvalue weighted by Crippen LogP contribution is -2.45. The Labute approximate surface area is 118 Å². The third-order valence-corrected chi connectivity index (χ3v) is 3.26. The van der Waals surface area contributed by atoms with E-state index in [0.29, 0.717) is 17.9 Å². The van der Waals surface area contributed by atoms with Crippen LogP contribution in [-0.4, -0.2) is 18.6 Å². The molecule has 0 unspecified atom stereocenters. The monoisotopic (exact) mass is 274 g/mol. The number of carbonyl (C=O) groups is 2. The molecule has 20 heavy (non-hydrogen) atoms. The molecule has 0 aliphatic carbocycles. The normalized spacial score (nSPS) is 18.4. The van der Waals surface area contributed by atoms with Gasteiger partial charge in [-0.15, -0.1) is 0 Å².